The van der Waals surface area contributed by atoms with Crippen molar-refractivity contribution in [1.82, 2.24) is 10.6 Å². The second kappa shape index (κ2) is 9.78. The number of carbonyl (C=O) groups is 2. The Bertz CT molecular complexity index is 305. The Morgan fingerprint density at radius 2 is 1.70 bits per heavy atom. The summed E-state index contributed by atoms with van der Waals surface area (Å²) in [5.74, 6) is -0.454. The lowest BCUT2D eigenvalue weighted by Crippen LogP contribution is -2.47. The maximum atomic E-state index is 11.8. The van der Waals surface area contributed by atoms with E-state index in [2.05, 4.69) is 24.5 Å². The maximum Gasteiger partial charge on any atom is 0.309 e. The fraction of sp³-hybridized carbons (Fsp3) is 0.875. The highest BCUT2D eigenvalue weighted by molar-refractivity contribution is 6.35. The molecule has 2 N–H and O–H groups in total. The maximum absolute atomic E-state index is 11.8. The van der Waals surface area contributed by atoms with Gasteiger partial charge in [0.25, 0.3) is 0 Å². The zero-order valence-electron chi connectivity index (χ0n) is 13.0. The lowest BCUT2D eigenvalue weighted by Gasteiger charge is -2.29. The van der Waals surface area contributed by atoms with Crippen LogP contribution in [0.5, 0.6) is 0 Å². The summed E-state index contributed by atoms with van der Waals surface area (Å²) in [6, 6.07) is 0.173. The molecule has 0 spiro atoms. The summed E-state index contributed by atoms with van der Waals surface area (Å²) >= 11 is 0. The molecule has 2 atom stereocenters. The minimum Gasteiger partial charge on any atom is -0.348 e. The fourth-order valence-electron chi connectivity index (χ4n) is 2.78. The lowest BCUT2D eigenvalue weighted by atomic mass is 9.86. The first kappa shape index (κ1) is 17.0. The smallest absolute Gasteiger partial charge is 0.309 e. The van der Waals surface area contributed by atoms with E-state index in [1.807, 2.05) is 0 Å². The third kappa shape index (κ3) is 6.40. The van der Waals surface area contributed by atoms with Gasteiger partial charge in [0.2, 0.25) is 0 Å². The summed E-state index contributed by atoms with van der Waals surface area (Å²) in [7, 11) is 0. The predicted molar refractivity (Wildman–Crippen MR) is 81.3 cm³/mol. The van der Waals surface area contributed by atoms with Crippen LogP contribution < -0.4 is 10.6 Å². The SMILES string of the molecule is CCCCCCCNC(=O)C(=O)N[C@H]1CCCC[C@@H]1C. The number of hydrogen-bond acceptors (Lipinski definition) is 2. The van der Waals surface area contributed by atoms with Gasteiger partial charge < -0.3 is 10.6 Å². The molecule has 0 aromatic carbocycles. The number of rotatable bonds is 7. The van der Waals surface area contributed by atoms with E-state index < -0.39 is 11.8 Å². The average Bonchev–Trinajstić information content (AvgIpc) is 2.44. The quantitative estimate of drug-likeness (QED) is 0.557. The van der Waals surface area contributed by atoms with Crippen LogP contribution in [0.1, 0.15) is 71.6 Å². The standard InChI is InChI=1S/C16H30N2O2/c1-3-4-5-6-9-12-17-15(19)16(20)18-14-11-8-7-10-13(14)2/h13-14H,3-12H2,1-2H3,(H,17,19)(H,18,20)/t13-,14-/m0/s1. The van der Waals surface area contributed by atoms with Crippen molar-refractivity contribution >= 4 is 11.8 Å². The molecule has 0 unspecified atom stereocenters. The summed E-state index contributed by atoms with van der Waals surface area (Å²) in [6.07, 6.45) is 10.3. The Morgan fingerprint density at radius 3 is 2.40 bits per heavy atom. The summed E-state index contributed by atoms with van der Waals surface area (Å²) in [4.78, 5) is 23.5. The van der Waals surface area contributed by atoms with Gasteiger partial charge in [0, 0.05) is 12.6 Å². The first-order chi connectivity index (χ1) is 9.65. The van der Waals surface area contributed by atoms with Crippen LogP contribution in [-0.2, 0) is 9.59 Å². The largest absolute Gasteiger partial charge is 0.348 e. The van der Waals surface area contributed by atoms with E-state index in [1.54, 1.807) is 0 Å². The van der Waals surface area contributed by atoms with Crippen molar-refractivity contribution < 1.29 is 9.59 Å². The van der Waals surface area contributed by atoms with E-state index in [-0.39, 0.29) is 6.04 Å². The van der Waals surface area contributed by atoms with Gasteiger partial charge in [-0.05, 0) is 25.2 Å². The van der Waals surface area contributed by atoms with E-state index in [1.165, 1.54) is 25.7 Å². The monoisotopic (exact) mass is 282 g/mol. The average molecular weight is 282 g/mol. The second-order valence-electron chi connectivity index (χ2n) is 6.01. The Hall–Kier alpha value is -1.06. The number of amides is 2. The summed E-state index contributed by atoms with van der Waals surface area (Å²) in [5.41, 5.74) is 0. The predicted octanol–water partition coefficient (Wildman–Crippen LogP) is 2.77. The molecular formula is C16H30N2O2. The van der Waals surface area contributed by atoms with Gasteiger partial charge in [0.1, 0.15) is 0 Å². The molecule has 4 nitrogen and oxygen atoms in total. The minimum absolute atomic E-state index is 0.173. The second-order valence-corrected chi connectivity index (χ2v) is 6.01. The van der Waals surface area contributed by atoms with E-state index in [0.29, 0.717) is 12.5 Å². The topological polar surface area (TPSA) is 58.2 Å². The van der Waals surface area contributed by atoms with E-state index >= 15 is 0 Å². The normalized spacial score (nSPS) is 22.3. The van der Waals surface area contributed by atoms with Crippen LogP contribution in [0.3, 0.4) is 0 Å². The van der Waals surface area contributed by atoms with E-state index in [4.69, 9.17) is 0 Å². The van der Waals surface area contributed by atoms with Crippen LogP contribution in [0.15, 0.2) is 0 Å². The lowest BCUT2D eigenvalue weighted by molar-refractivity contribution is -0.140. The highest BCUT2D eigenvalue weighted by atomic mass is 16.2. The van der Waals surface area contributed by atoms with Crippen molar-refractivity contribution in [2.75, 3.05) is 6.54 Å². The molecule has 0 aromatic rings. The first-order valence-corrected chi connectivity index (χ1v) is 8.23. The van der Waals surface area contributed by atoms with Crippen molar-refractivity contribution in [2.45, 2.75) is 77.7 Å². The fourth-order valence-corrected chi connectivity index (χ4v) is 2.78. The molecule has 0 heterocycles. The van der Waals surface area contributed by atoms with Gasteiger partial charge in [-0.2, -0.15) is 0 Å². The van der Waals surface area contributed by atoms with Gasteiger partial charge in [-0.25, -0.2) is 0 Å². The molecule has 20 heavy (non-hydrogen) atoms. The van der Waals surface area contributed by atoms with Gasteiger partial charge in [0.15, 0.2) is 0 Å². The molecule has 1 saturated carbocycles. The zero-order chi connectivity index (χ0) is 14.8. The van der Waals surface area contributed by atoms with E-state index in [0.717, 1.165) is 32.1 Å². The van der Waals surface area contributed by atoms with E-state index in [9.17, 15) is 9.59 Å². The van der Waals surface area contributed by atoms with Crippen molar-refractivity contribution in [3.63, 3.8) is 0 Å². The van der Waals surface area contributed by atoms with Crippen LogP contribution in [0.2, 0.25) is 0 Å². The van der Waals surface area contributed by atoms with Crippen LogP contribution >= 0.6 is 0 Å². The third-order valence-corrected chi connectivity index (χ3v) is 4.20. The van der Waals surface area contributed by atoms with Crippen molar-refractivity contribution in [1.29, 1.82) is 0 Å². The van der Waals surface area contributed by atoms with Crippen molar-refractivity contribution in [2.24, 2.45) is 5.92 Å². The van der Waals surface area contributed by atoms with Crippen LogP contribution in [-0.4, -0.2) is 24.4 Å². The number of hydrogen-bond donors (Lipinski definition) is 2. The molecular weight excluding hydrogens is 252 g/mol. The van der Waals surface area contributed by atoms with Gasteiger partial charge >= 0.3 is 11.8 Å². The Kier molecular flexibility index (Phi) is 8.31. The first-order valence-electron chi connectivity index (χ1n) is 8.23. The van der Waals surface area contributed by atoms with Crippen molar-refractivity contribution in [3.8, 4) is 0 Å². The summed E-state index contributed by atoms with van der Waals surface area (Å²) in [5, 5.41) is 5.59. The Balaban J connectivity index is 2.14. The highest BCUT2D eigenvalue weighted by Gasteiger charge is 2.25. The molecule has 116 valence electrons. The summed E-state index contributed by atoms with van der Waals surface area (Å²) in [6.45, 7) is 4.93. The molecule has 1 rings (SSSR count). The van der Waals surface area contributed by atoms with Crippen LogP contribution in [0.4, 0.5) is 0 Å². The molecule has 0 bridgehead atoms. The Labute approximate surface area is 123 Å². The molecule has 0 saturated heterocycles. The van der Waals surface area contributed by atoms with Crippen LogP contribution in [0.25, 0.3) is 0 Å². The third-order valence-electron chi connectivity index (χ3n) is 4.20. The minimum atomic E-state index is -0.474. The molecule has 0 radical (unpaired) electrons. The van der Waals surface area contributed by atoms with Gasteiger partial charge in [0.05, 0.1) is 0 Å². The molecule has 4 heteroatoms. The molecule has 1 aliphatic rings. The van der Waals surface area contributed by atoms with Gasteiger partial charge in [-0.15, -0.1) is 0 Å². The van der Waals surface area contributed by atoms with Gasteiger partial charge in [-0.3, -0.25) is 9.59 Å². The van der Waals surface area contributed by atoms with Crippen LogP contribution in [0, 0.1) is 5.92 Å². The number of nitrogens with one attached hydrogen (secondary N) is 2. The molecule has 0 aliphatic heterocycles. The molecule has 2 amide bonds. The Morgan fingerprint density at radius 1 is 1.00 bits per heavy atom. The molecule has 1 fully saturated rings. The highest BCUT2D eigenvalue weighted by Crippen LogP contribution is 2.23. The molecule has 0 aromatic heterocycles. The summed E-state index contributed by atoms with van der Waals surface area (Å²) < 4.78 is 0. The van der Waals surface area contributed by atoms with Gasteiger partial charge in [-0.1, -0.05) is 52.4 Å². The molecule has 1 aliphatic carbocycles. The number of unbranched alkanes of at least 4 members (excludes halogenated alkanes) is 4. The zero-order valence-corrected chi connectivity index (χ0v) is 13.0. The van der Waals surface area contributed by atoms with Crippen molar-refractivity contribution in [3.05, 3.63) is 0 Å². The number of carbonyl (C=O) groups excluding carboxylic acids is 2.